The lowest BCUT2D eigenvalue weighted by atomic mass is 9.89. The van der Waals surface area contributed by atoms with E-state index in [0.717, 1.165) is 0 Å². The summed E-state index contributed by atoms with van der Waals surface area (Å²) in [4.78, 5) is 0. The smallest absolute Gasteiger partial charge is 0.0136 e. The van der Waals surface area contributed by atoms with Gasteiger partial charge in [0.25, 0.3) is 0 Å². The Labute approximate surface area is 92.9 Å². The molecule has 0 bridgehead atoms. The zero-order valence-corrected chi connectivity index (χ0v) is 9.96. The Kier molecular flexibility index (Phi) is 3.11. The van der Waals surface area contributed by atoms with E-state index in [1.807, 2.05) is 0 Å². The van der Waals surface area contributed by atoms with E-state index >= 15 is 0 Å². The molecule has 3 unspecified atom stereocenters. The molecule has 1 N–H and O–H groups in total. The third-order valence-electron chi connectivity index (χ3n) is 3.54. The van der Waals surface area contributed by atoms with Crippen LogP contribution < -0.4 is 5.32 Å². The highest BCUT2D eigenvalue weighted by atomic mass is 15.0. The Morgan fingerprint density at radius 1 is 1.27 bits per heavy atom. The lowest BCUT2D eigenvalue weighted by Crippen LogP contribution is -2.28. The van der Waals surface area contributed by atoms with Crippen LogP contribution in [0.3, 0.4) is 0 Å². The molecule has 1 aromatic rings. The molecular formula is C14H21N. The molecule has 0 amide bonds. The second kappa shape index (κ2) is 4.36. The van der Waals surface area contributed by atoms with E-state index in [9.17, 15) is 0 Å². The maximum Gasteiger partial charge on any atom is 0.0136 e. The predicted octanol–water partition coefficient (Wildman–Crippen LogP) is 3.24. The Bertz CT molecular complexity index is 315. The molecule has 0 spiro atoms. The first-order valence-corrected chi connectivity index (χ1v) is 6.03. The van der Waals surface area contributed by atoms with Gasteiger partial charge < -0.3 is 5.32 Å². The van der Waals surface area contributed by atoms with Gasteiger partial charge in [-0.15, -0.1) is 0 Å². The molecule has 1 heteroatoms. The van der Waals surface area contributed by atoms with Crippen LogP contribution in [0, 0.1) is 6.92 Å². The molecule has 1 saturated heterocycles. The fourth-order valence-electron chi connectivity index (χ4n) is 2.68. The van der Waals surface area contributed by atoms with E-state index in [2.05, 4.69) is 50.4 Å². The van der Waals surface area contributed by atoms with Crippen molar-refractivity contribution in [2.75, 3.05) is 0 Å². The zero-order chi connectivity index (χ0) is 10.8. The second-order valence-corrected chi connectivity index (χ2v) is 4.84. The van der Waals surface area contributed by atoms with Crippen LogP contribution in [0.5, 0.6) is 0 Å². The molecule has 1 fully saturated rings. The van der Waals surface area contributed by atoms with Gasteiger partial charge in [-0.25, -0.2) is 0 Å². The lowest BCUT2D eigenvalue weighted by Gasteiger charge is -2.18. The van der Waals surface area contributed by atoms with Gasteiger partial charge in [-0.2, -0.15) is 0 Å². The van der Waals surface area contributed by atoms with Gasteiger partial charge in [0.05, 0.1) is 0 Å². The molecule has 15 heavy (non-hydrogen) atoms. The fourth-order valence-corrected chi connectivity index (χ4v) is 2.68. The summed E-state index contributed by atoms with van der Waals surface area (Å²) in [6.07, 6.45) is 2.50. The van der Waals surface area contributed by atoms with Crippen molar-refractivity contribution in [3.8, 4) is 0 Å². The summed E-state index contributed by atoms with van der Waals surface area (Å²) in [7, 11) is 0. The van der Waals surface area contributed by atoms with Crippen LogP contribution in [-0.4, -0.2) is 12.1 Å². The first-order chi connectivity index (χ1) is 7.20. The van der Waals surface area contributed by atoms with Crippen molar-refractivity contribution in [3.63, 3.8) is 0 Å². The molecule has 0 saturated carbocycles. The van der Waals surface area contributed by atoms with E-state index < -0.39 is 0 Å². The van der Waals surface area contributed by atoms with E-state index in [1.54, 1.807) is 0 Å². The number of nitrogens with one attached hydrogen (secondary N) is 1. The van der Waals surface area contributed by atoms with Gasteiger partial charge in [0.1, 0.15) is 0 Å². The van der Waals surface area contributed by atoms with Crippen LogP contribution in [0.15, 0.2) is 24.3 Å². The molecular weight excluding hydrogens is 182 g/mol. The molecule has 82 valence electrons. The molecule has 2 rings (SSSR count). The van der Waals surface area contributed by atoms with Crippen molar-refractivity contribution in [3.05, 3.63) is 35.4 Å². The van der Waals surface area contributed by atoms with E-state index in [-0.39, 0.29) is 0 Å². The molecule has 3 atom stereocenters. The Hall–Kier alpha value is -0.820. The Morgan fingerprint density at radius 3 is 2.53 bits per heavy atom. The van der Waals surface area contributed by atoms with Crippen molar-refractivity contribution < 1.29 is 0 Å². The number of rotatable bonds is 2. The summed E-state index contributed by atoms with van der Waals surface area (Å²) in [6, 6.07) is 10.4. The van der Waals surface area contributed by atoms with Crippen molar-refractivity contribution in [1.82, 2.24) is 5.32 Å². The molecule has 0 aliphatic carbocycles. The van der Waals surface area contributed by atoms with Crippen LogP contribution in [0.25, 0.3) is 0 Å². The summed E-state index contributed by atoms with van der Waals surface area (Å²) >= 11 is 0. The zero-order valence-electron chi connectivity index (χ0n) is 9.96. The van der Waals surface area contributed by atoms with Crippen molar-refractivity contribution in [2.45, 2.75) is 51.6 Å². The van der Waals surface area contributed by atoms with Crippen LogP contribution in [0.2, 0.25) is 0 Å². The Morgan fingerprint density at radius 2 is 1.93 bits per heavy atom. The average molecular weight is 203 g/mol. The molecule has 1 aliphatic rings. The number of hydrogen-bond donors (Lipinski definition) is 1. The third kappa shape index (κ3) is 2.23. The maximum atomic E-state index is 3.67. The average Bonchev–Trinajstić information content (AvgIpc) is 2.61. The maximum absolute atomic E-state index is 3.67. The van der Waals surface area contributed by atoms with Crippen molar-refractivity contribution in [1.29, 1.82) is 0 Å². The first-order valence-electron chi connectivity index (χ1n) is 6.03. The minimum Gasteiger partial charge on any atom is -0.311 e. The van der Waals surface area contributed by atoms with Crippen molar-refractivity contribution >= 4 is 0 Å². The molecule has 1 aliphatic heterocycles. The van der Waals surface area contributed by atoms with Crippen LogP contribution in [0.4, 0.5) is 0 Å². The minimum atomic E-state index is 0.668. The number of benzene rings is 1. The molecule has 1 aromatic carbocycles. The van der Waals surface area contributed by atoms with Gasteiger partial charge in [0, 0.05) is 18.0 Å². The largest absolute Gasteiger partial charge is 0.311 e. The van der Waals surface area contributed by atoms with E-state index in [1.165, 1.54) is 24.0 Å². The lowest BCUT2D eigenvalue weighted by molar-refractivity contribution is 0.517. The molecule has 1 nitrogen and oxygen atoms in total. The van der Waals surface area contributed by atoms with Gasteiger partial charge >= 0.3 is 0 Å². The van der Waals surface area contributed by atoms with Crippen LogP contribution in [-0.2, 0) is 0 Å². The standard InChI is InChI=1S/C14H21N/c1-4-14-13(9-11(3)15-14)12-7-5-10(2)6-8-12/h5-8,11,13-15H,4,9H2,1-3H3. The summed E-state index contributed by atoms with van der Waals surface area (Å²) in [5.41, 5.74) is 2.86. The van der Waals surface area contributed by atoms with Gasteiger partial charge in [0.15, 0.2) is 0 Å². The first kappa shape index (κ1) is 10.7. The number of hydrogen-bond acceptors (Lipinski definition) is 1. The molecule has 0 aromatic heterocycles. The summed E-state index contributed by atoms with van der Waals surface area (Å²) in [6.45, 7) is 6.71. The van der Waals surface area contributed by atoms with Gasteiger partial charge in [-0.05, 0) is 32.3 Å². The van der Waals surface area contributed by atoms with Gasteiger partial charge in [-0.3, -0.25) is 0 Å². The normalized spacial score (nSPS) is 30.7. The van der Waals surface area contributed by atoms with Gasteiger partial charge in [0.2, 0.25) is 0 Å². The molecule has 0 radical (unpaired) electrons. The SMILES string of the molecule is CCC1NC(C)CC1c1ccc(C)cc1. The second-order valence-electron chi connectivity index (χ2n) is 4.84. The van der Waals surface area contributed by atoms with Gasteiger partial charge in [-0.1, -0.05) is 36.8 Å². The monoisotopic (exact) mass is 203 g/mol. The quantitative estimate of drug-likeness (QED) is 0.778. The summed E-state index contributed by atoms with van der Waals surface area (Å²) in [5.74, 6) is 0.714. The highest BCUT2D eigenvalue weighted by Crippen LogP contribution is 2.32. The predicted molar refractivity (Wildman–Crippen MR) is 65.2 cm³/mol. The highest BCUT2D eigenvalue weighted by Gasteiger charge is 2.30. The highest BCUT2D eigenvalue weighted by molar-refractivity contribution is 5.27. The third-order valence-corrected chi connectivity index (χ3v) is 3.54. The van der Waals surface area contributed by atoms with Crippen LogP contribution in [0.1, 0.15) is 43.7 Å². The number of aryl methyl sites for hydroxylation is 1. The topological polar surface area (TPSA) is 12.0 Å². The minimum absolute atomic E-state index is 0.668. The summed E-state index contributed by atoms with van der Waals surface area (Å²) < 4.78 is 0. The van der Waals surface area contributed by atoms with E-state index in [4.69, 9.17) is 0 Å². The Balaban J connectivity index is 2.19. The van der Waals surface area contributed by atoms with E-state index in [0.29, 0.717) is 18.0 Å². The van der Waals surface area contributed by atoms with Crippen molar-refractivity contribution in [2.24, 2.45) is 0 Å². The summed E-state index contributed by atoms with van der Waals surface area (Å²) in [5, 5.41) is 3.67. The molecule has 1 heterocycles. The fraction of sp³-hybridized carbons (Fsp3) is 0.571. The van der Waals surface area contributed by atoms with Crippen LogP contribution >= 0.6 is 0 Å².